The molecule has 0 saturated heterocycles. The van der Waals surface area contributed by atoms with E-state index in [1.807, 2.05) is 0 Å². The highest BCUT2D eigenvalue weighted by molar-refractivity contribution is 5.69. The Labute approximate surface area is 277 Å². The number of carbonyl (C=O) groups is 1. The Hall–Kier alpha value is -2.69. The number of unbranched alkanes of at least 4 members (excludes halogenated alkanes) is 7. The molecule has 0 saturated carbocycles. The van der Waals surface area contributed by atoms with Gasteiger partial charge in [0.05, 0.1) is 13.2 Å². The van der Waals surface area contributed by atoms with Gasteiger partial charge in [0.15, 0.2) is 0 Å². The van der Waals surface area contributed by atoms with Crippen molar-refractivity contribution in [3.63, 3.8) is 0 Å². The second kappa shape index (κ2) is 37.5. The van der Waals surface area contributed by atoms with E-state index in [2.05, 4.69) is 111 Å². The number of ether oxygens (including phenoxy) is 2. The van der Waals surface area contributed by atoms with Crippen molar-refractivity contribution in [2.24, 2.45) is 0 Å². The van der Waals surface area contributed by atoms with E-state index in [4.69, 9.17) is 9.47 Å². The van der Waals surface area contributed by atoms with Crippen molar-refractivity contribution in [3.05, 3.63) is 97.2 Å². The summed E-state index contributed by atoms with van der Waals surface area (Å²) in [7, 11) is 0. The first-order chi connectivity index (χ1) is 22.2. The molecule has 4 nitrogen and oxygen atoms in total. The summed E-state index contributed by atoms with van der Waals surface area (Å²) in [5.74, 6) is -0.241. The molecule has 4 heteroatoms. The fraction of sp³-hybridized carbons (Fsp3) is 0.585. The molecule has 0 aromatic rings. The van der Waals surface area contributed by atoms with E-state index < -0.39 is 6.10 Å². The summed E-state index contributed by atoms with van der Waals surface area (Å²) in [5, 5.41) is 9.54. The highest BCUT2D eigenvalue weighted by Gasteiger charge is 2.13. The average Bonchev–Trinajstić information content (AvgIpc) is 3.05. The van der Waals surface area contributed by atoms with E-state index in [0.29, 0.717) is 13.0 Å². The Balaban J connectivity index is 3.65. The first-order valence-corrected chi connectivity index (χ1v) is 17.8. The summed E-state index contributed by atoms with van der Waals surface area (Å²) < 4.78 is 11.0. The topological polar surface area (TPSA) is 55.8 Å². The molecule has 0 bridgehead atoms. The molecule has 254 valence electrons. The molecule has 1 atom stereocenters. The van der Waals surface area contributed by atoms with E-state index in [1.165, 1.54) is 25.7 Å². The predicted octanol–water partition coefficient (Wildman–Crippen LogP) is 11.4. The van der Waals surface area contributed by atoms with Crippen LogP contribution in [0.3, 0.4) is 0 Å². The molecular formula is C41H66O4. The molecule has 45 heavy (non-hydrogen) atoms. The van der Waals surface area contributed by atoms with E-state index in [1.54, 1.807) is 0 Å². The van der Waals surface area contributed by atoms with Gasteiger partial charge in [-0.2, -0.15) is 0 Å². The number of esters is 1. The van der Waals surface area contributed by atoms with Gasteiger partial charge in [-0.25, -0.2) is 0 Å². The van der Waals surface area contributed by atoms with Crippen molar-refractivity contribution in [1.82, 2.24) is 0 Å². The zero-order chi connectivity index (χ0) is 32.7. The Bertz CT molecular complexity index is 872. The van der Waals surface area contributed by atoms with Crippen LogP contribution in [-0.2, 0) is 14.3 Å². The maximum Gasteiger partial charge on any atom is 0.306 e. The number of aliphatic hydroxyl groups is 1. The quantitative estimate of drug-likeness (QED) is 0.0475. The largest absolute Gasteiger partial charge is 0.457 e. The number of hydrogen-bond donors (Lipinski definition) is 1. The molecule has 0 rings (SSSR count). The van der Waals surface area contributed by atoms with Gasteiger partial charge in [-0.1, -0.05) is 137 Å². The summed E-state index contributed by atoms with van der Waals surface area (Å²) in [6.07, 6.45) is 53.1. The summed E-state index contributed by atoms with van der Waals surface area (Å²) in [6, 6.07) is 0. The summed E-state index contributed by atoms with van der Waals surface area (Å²) >= 11 is 0. The number of hydrogen-bond acceptors (Lipinski definition) is 4. The summed E-state index contributed by atoms with van der Waals surface area (Å²) in [5.41, 5.74) is 0. The van der Waals surface area contributed by atoms with Gasteiger partial charge in [-0.15, -0.1) is 0 Å². The second-order valence-electron chi connectivity index (χ2n) is 11.2. The molecule has 0 spiro atoms. The number of aliphatic hydroxyl groups excluding tert-OH is 1. The minimum absolute atomic E-state index is 0.208. The molecule has 1 unspecified atom stereocenters. The standard InChI is InChI=1S/C41H66O4/c1-3-5-7-9-11-13-15-17-18-19-20-21-22-23-25-27-29-31-33-35-37-44-39-40(38-42)45-41(43)36-34-32-30-28-26-24-16-14-12-10-8-6-4-2/h5,7-8,10-11,13-14,16-18,20-21,23,25,29,31,40,42H,3-4,6,9,12,15,19,22,24,26-28,30,32-39H2,1-2H3/b7-5-,10-8-,13-11-,16-14-,18-17-,21-20-,25-23-,31-29-. The molecule has 0 aromatic heterocycles. The molecule has 0 aromatic carbocycles. The van der Waals surface area contributed by atoms with Crippen LogP contribution in [-0.4, -0.2) is 37.0 Å². The monoisotopic (exact) mass is 622 g/mol. The highest BCUT2D eigenvalue weighted by Crippen LogP contribution is 2.09. The smallest absolute Gasteiger partial charge is 0.306 e. The zero-order valence-corrected chi connectivity index (χ0v) is 28.8. The number of rotatable bonds is 31. The molecule has 0 amide bonds. The zero-order valence-electron chi connectivity index (χ0n) is 28.8. The summed E-state index contributed by atoms with van der Waals surface area (Å²) in [6.45, 7) is 4.98. The lowest BCUT2D eigenvalue weighted by atomic mass is 10.1. The first kappa shape index (κ1) is 42.3. The van der Waals surface area contributed by atoms with E-state index >= 15 is 0 Å². The molecule has 0 radical (unpaired) electrons. The minimum atomic E-state index is -0.577. The van der Waals surface area contributed by atoms with Crippen molar-refractivity contribution < 1.29 is 19.4 Å². The lowest BCUT2D eigenvalue weighted by molar-refractivity contribution is -0.154. The maximum atomic E-state index is 12.1. The van der Waals surface area contributed by atoms with Crippen LogP contribution in [0.25, 0.3) is 0 Å². The van der Waals surface area contributed by atoms with Gasteiger partial charge in [0.25, 0.3) is 0 Å². The molecular weight excluding hydrogens is 556 g/mol. The first-order valence-electron chi connectivity index (χ1n) is 17.8. The number of allylic oxidation sites excluding steroid dienone is 16. The Morgan fingerprint density at radius 1 is 0.556 bits per heavy atom. The van der Waals surface area contributed by atoms with Crippen LogP contribution in [0, 0.1) is 0 Å². The van der Waals surface area contributed by atoms with Gasteiger partial charge in [-0.05, 0) is 83.5 Å². The molecule has 0 aliphatic rings. The van der Waals surface area contributed by atoms with Gasteiger partial charge >= 0.3 is 5.97 Å². The van der Waals surface area contributed by atoms with Crippen LogP contribution in [0.5, 0.6) is 0 Å². The van der Waals surface area contributed by atoms with Crippen LogP contribution in [0.2, 0.25) is 0 Å². The van der Waals surface area contributed by atoms with Crippen LogP contribution >= 0.6 is 0 Å². The van der Waals surface area contributed by atoms with Crippen molar-refractivity contribution in [3.8, 4) is 0 Å². The van der Waals surface area contributed by atoms with Gasteiger partial charge in [0, 0.05) is 13.0 Å². The number of carbonyl (C=O) groups excluding carboxylic acids is 1. The third kappa shape index (κ3) is 35.7. The third-order valence-electron chi connectivity index (χ3n) is 6.87. The van der Waals surface area contributed by atoms with Gasteiger partial charge < -0.3 is 14.6 Å². The van der Waals surface area contributed by atoms with Gasteiger partial charge in [-0.3, -0.25) is 4.79 Å². The molecule has 0 aliphatic heterocycles. The van der Waals surface area contributed by atoms with Crippen molar-refractivity contribution in [1.29, 1.82) is 0 Å². The Morgan fingerprint density at radius 3 is 1.51 bits per heavy atom. The molecule has 0 aliphatic carbocycles. The van der Waals surface area contributed by atoms with E-state index in [0.717, 1.165) is 83.5 Å². The lowest BCUT2D eigenvalue weighted by Crippen LogP contribution is -2.27. The third-order valence-corrected chi connectivity index (χ3v) is 6.87. The Morgan fingerprint density at radius 2 is 1.00 bits per heavy atom. The SMILES string of the molecule is CC/C=C\C/C=C\C/C=C\C/C=C\C/C=C\C/C=C\CCCOCC(CO)OC(=O)CCCCCCC/C=C\C/C=C\CCC. The maximum absolute atomic E-state index is 12.1. The molecule has 1 N–H and O–H groups in total. The summed E-state index contributed by atoms with van der Waals surface area (Å²) in [4.78, 5) is 12.1. The van der Waals surface area contributed by atoms with Crippen molar-refractivity contribution >= 4 is 5.97 Å². The van der Waals surface area contributed by atoms with E-state index in [9.17, 15) is 9.90 Å². The minimum Gasteiger partial charge on any atom is -0.457 e. The predicted molar refractivity (Wildman–Crippen MR) is 195 cm³/mol. The Kier molecular flexibility index (Phi) is 35.3. The highest BCUT2D eigenvalue weighted by atomic mass is 16.6. The molecule has 0 fully saturated rings. The lowest BCUT2D eigenvalue weighted by Gasteiger charge is -2.15. The van der Waals surface area contributed by atoms with Crippen LogP contribution in [0.15, 0.2) is 97.2 Å². The van der Waals surface area contributed by atoms with Crippen molar-refractivity contribution in [2.75, 3.05) is 19.8 Å². The van der Waals surface area contributed by atoms with Crippen LogP contribution < -0.4 is 0 Å². The average molecular weight is 623 g/mol. The molecule has 0 heterocycles. The van der Waals surface area contributed by atoms with Gasteiger partial charge in [0.1, 0.15) is 6.10 Å². The normalized spacial score (nSPS) is 13.6. The second-order valence-corrected chi connectivity index (χ2v) is 11.2. The fourth-order valence-electron chi connectivity index (χ4n) is 4.26. The van der Waals surface area contributed by atoms with Crippen LogP contribution in [0.1, 0.15) is 129 Å². The van der Waals surface area contributed by atoms with Crippen LogP contribution in [0.4, 0.5) is 0 Å². The fourth-order valence-corrected chi connectivity index (χ4v) is 4.26. The van der Waals surface area contributed by atoms with Gasteiger partial charge in [0.2, 0.25) is 0 Å². The van der Waals surface area contributed by atoms with Crippen molar-refractivity contribution in [2.45, 2.75) is 136 Å². The van der Waals surface area contributed by atoms with E-state index in [-0.39, 0.29) is 19.2 Å².